The summed E-state index contributed by atoms with van der Waals surface area (Å²) in [5.41, 5.74) is 1.89. The zero-order valence-corrected chi connectivity index (χ0v) is 16.6. The van der Waals surface area contributed by atoms with Crippen LogP contribution in [0.15, 0.2) is 78.9 Å². The van der Waals surface area contributed by atoms with E-state index in [0.29, 0.717) is 11.4 Å². The van der Waals surface area contributed by atoms with Crippen molar-refractivity contribution in [2.24, 2.45) is 5.92 Å². The first-order chi connectivity index (χ1) is 15.1. The van der Waals surface area contributed by atoms with Crippen molar-refractivity contribution in [3.8, 4) is 5.75 Å². The zero-order valence-electron chi connectivity index (χ0n) is 16.6. The Balaban J connectivity index is 1.57. The van der Waals surface area contributed by atoms with Crippen molar-refractivity contribution < 1.29 is 23.6 Å². The van der Waals surface area contributed by atoms with Crippen LogP contribution < -0.4 is 14.7 Å². The number of fused-ring (bicyclic) bond motifs is 1. The van der Waals surface area contributed by atoms with Crippen molar-refractivity contribution >= 4 is 23.2 Å². The second-order valence-electron chi connectivity index (χ2n) is 7.42. The molecule has 2 aliphatic rings. The lowest BCUT2D eigenvalue weighted by Gasteiger charge is -2.28. The number of hydroxylamine groups is 1. The highest BCUT2D eigenvalue weighted by Crippen LogP contribution is 2.47. The molecule has 0 unspecified atom stereocenters. The van der Waals surface area contributed by atoms with Gasteiger partial charge in [-0.15, -0.1) is 0 Å². The van der Waals surface area contributed by atoms with Crippen LogP contribution in [-0.2, 0) is 14.4 Å². The van der Waals surface area contributed by atoms with Crippen LogP contribution in [0.1, 0.15) is 11.6 Å². The summed E-state index contributed by atoms with van der Waals surface area (Å²) >= 11 is 0. The molecule has 7 heteroatoms. The van der Waals surface area contributed by atoms with Gasteiger partial charge in [0.15, 0.2) is 6.10 Å². The van der Waals surface area contributed by atoms with Crippen molar-refractivity contribution in [2.45, 2.75) is 12.1 Å². The number of para-hydroxylation sites is 1. The predicted molar refractivity (Wildman–Crippen MR) is 112 cm³/mol. The topological polar surface area (TPSA) is 59.1 Å². The van der Waals surface area contributed by atoms with Crippen molar-refractivity contribution in [1.82, 2.24) is 0 Å². The van der Waals surface area contributed by atoms with Crippen LogP contribution in [0.3, 0.4) is 0 Å². The molecule has 2 fully saturated rings. The number of hydrogen-bond acceptors (Lipinski definition) is 5. The van der Waals surface area contributed by atoms with Gasteiger partial charge < -0.3 is 4.74 Å². The molecule has 3 atom stereocenters. The minimum absolute atomic E-state index is 0.328. The fourth-order valence-electron chi connectivity index (χ4n) is 4.20. The summed E-state index contributed by atoms with van der Waals surface area (Å²) in [6.45, 7) is 0. The van der Waals surface area contributed by atoms with E-state index in [-0.39, 0.29) is 5.91 Å². The molecule has 156 valence electrons. The maximum absolute atomic E-state index is 13.4. The number of ether oxygens (including phenoxy) is 1. The second kappa shape index (κ2) is 7.52. The lowest BCUT2D eigenvalue weighted by Crippen LogP contribution is -2.37. The molecule has 0 spiro atoms. The number of methoxy groups -OCH3 is 1. The van der Waals surface area contributed by atoms with E-state index >= 15 is 0 Å². The average molecular weight is 418 g/mol. The van der Waals surface area contributed by atoms with Gasteiger partial charge in [-0.05, 0) is 54.1 Å². The van der Waals surface area contributed by atoms with E-state index in [4.69, 9.17) is 9.57 Å². The third-order valence-electron chi connectivity index (χ3n) is 5.67. The second-order valence-corrected chi connectivity index (χ2v) is 7.42. The van der Waals surface area contributed by atoms with Crippen LogP contribution in [-0.4, -0.2) is 25.0 Å². The predicted octanol–water partition coefficient (Wildman–Crippen LogP) is 3.89. The number of hydrogen-bond donors (Lipinski definition) is 0. The number of imide groups is 1. The number of nitrogens with zero attached hydrogens (tertiary/aromatic N) is 2. The Labute approximate surface area is 178 Å². The van der Waals surface area contributed by atoms with Gasteiger partial charge in [-0.1, -0.05) is 30.3 Å². The number of carbonyl (C=O) groups excluding carboxylic acids is 2. The fourth-order valence-corrected chi connectivity index (χ4v) is 4.20. The lowest BCUT2D eigenvalue weighted by atomic mass is 9.90. The van der Waals surface area contributed by atoms with Gasteiger partial charge in [-0.2, -0.15) is 0 Å². The summed E-state index contributed by atoms with van der Waals surface area (Å²) in [5, 5.41) is 1.63. The Morgan fingerprint density at radius 2 is 1.52 bits per heavy atom. The zero-order chi connectivity index (χ0) is 21.5. The van der Waals surface area contributed by atoms with Gasteiger partial charge in [0.25, 0.3) is 5.91 Å². The van der Waals surface area contributed by atoms with E-state index < -0.39 is 29.8 Å². The van der Waals surface area contributed by atoms with E-state index in [9.17, 15) is 14.0 Å². The molecular weight excluding hydrogens is 399 g/mol. The minimum atomic E-state index is -0.968. The number of amides is 2. The molecule has 0 aromatic heterocycles. The molecule has 2 saturated heterocycles. The molecule has 31 heavy (non-hydrogen) atoms. The Hall–Kier alpha value is -3.71. The maximum atomic E-state index is 13.4. The third-order valence-corrected chi connectivity index (χ3v) is 5.67. The Kier molecular flexibility index (Phi) is 4.67. The number of carbonyl (C=O) groups is 2. The van der Waals surface area contributed by atoms with Crippen LogP contribution in [0.5, 0.6) is 5.75 Å². The van der Waals surface area contributed by atoms with E-state index in [1.165, 1.54) is 24.3 Å². The highest BCUT2D eigenvalue weighted by atomic mass is 19.1. The SMILES string of the molecule is COc1ccc([C@@H]2[C@@H]3C(=O)N(c4ccc(F)cc4)C(=O)[C@H]3ON2c2ccccc2)cc1. The van der Waals surface area contributed by atoms with Crippen LogP contribution >= 0.6 is 0 Å². The number of benzene rings is 3. The first-order valence-electron chi connectivity index (χ1n) is 9.87. The maximum Gasteiger partial charge on any atom is 0.266 e. The fraction of sp³-hybridized carbons (Fsp3) is 0.167. The number of rotatable bonds is 4. The normalized spacial score (nSPS) is 22.7. The van der Waals surface area contributed by atoms with Gasteiger partial charge in [0.1, 0.15) is 17.5 Å². The first-order valence-corrected chi connectivity index (χ1v) is 9.87. The van der Waals surface area contributed by atoms with Crippen molar-refractivity contribution in [2.75, 3.05) is 17.1 Å². The molecule has 0 saturated carbocycles. The van der Waals surface area contributed by atoms with Gasteiger partial charge in [0.2, 0.25) is 5.91 Å². The molecule has 0 N–H and O–H groups in total. The monoisotopic (exact) mass is 418 g/mol. The largest absolute Gasteiger partial charge is 0.497 e. The van der Waals surface area contributed by atoms with E-state index in [0.717, 1.165) is 16.2 Å². The molecule has 0 aliphatic carbocycles. The van der Waals surface area contributed by atoms with E-state index in [1.54, 1.807) is 12.2 Å². The summed E-state index contributed by atoms with van der Waals surface area (Å²) in [4.78, 5) is 33.8. The minimum Gasteiger partial charge on any atom is -0.497 e. The molecule has 2 heterocycles. The highest BCUT2D eigenvalue weighted by Gasteiger charge is 2.60. The molecule has 2 aliphatic heterocycles. The summed E-state index contributed by atoms with van der Waals surface area (Å²) in [6, 6.07) is 21.5. The Morgan fingerprint density at radius 3 is 2.16 bits per heavy atom. The smallest absolute Gasteiger partial charge is 0.266 e. The van der Waals surface area contributed by atoms with Crippen molar-refractivity contribution in [3.05, 3.63) is 90.2 Å². The molecule has 6 nitrogen and oxygen atoms in total. The number of halogens is 1. The molecule has 2 amide bonds. The van der Waals surface area contributed by atoms with Gasteiger partial charge in [-0.25, -0.2) is 14.4 Å². The van der Waals surface area contributed by atoms with Gasteiger partial charge in [0, 0.05) is 0 Å². The summed E-state index contributed by atoms with van der Waals surface area (Å²) in [6.07, 6.45) is -0.968. The third kappa shape index (κ3) is 3.14. The van der Waals surface area contributed by atoms with Crippen LogP contribution in [0.2, 0.25) is 0 Å². The van der Waals surface area contributed by atoms with Crippen LogP contribution in [0, 0.1) is 11.7 Å². The molecule has 3 aromatic rings. The average Bonchev–Trinajstić information content (AvgIpc) is 3.31. The molecule has 5 rings (SSSR count). The molecule has 3 aromatic carbocycles. The Morgan fingerprint density at radius 1 is 0.839 bits per heavy atom. The van der Waals surface area contributed by atoms with Crippen LogP contribution in [0.4, 0.5) is 15.8 Å². The Bertz CT molecular complexity index is 1120. The highest BCUT2D eigenvalue weighted by molar-refractivity contribution is 6.23. The first kappa shape index (κ1) is 19.3. The summed E-state index contributed by atoms with van der Waals surface area (Å²) in [7, 11) is 1.58. The molecule has 0 radical (unpaired) electrons. The number of anilines is 2. The lowest BCUT2D eigenvalue weighted by molar-refractivity contribution is -0.126. The van der Waals surface area contributed by atoms with E-state index in [1.807, 2.05) is 54.6 Å². The quantitative estimate of drug-likeness (QED) is 0.602. The van der Waals surface area contributed by atoms with Crippen molar-refractivity contribution in [1.29, 1.82) is 0 Å². The van der Waals surface area contributed by atoms with Gasteiger partial charge >= 0.3 is 0 Å². The summed E-state index contributed by atoms with van der Waals surface area (Å²) < 4.78 is 18.6. The van der Waals surface area contributed by atoms with E-state index in [2.05, 4.69) is 0 Å². The molecule has 0 bridgehead atoms. The summed E-state index contributed by atoms with van der Waals surface area (Å²) in [5.74, 6) is -1.33. The van der Waals surface area contributed by atoms with Crippen molar-refractivity contribution in [3.63, 3.8) is 0 Å². The standard InChI is InChI=1S/C24H19FN2O4/c1-30-19-13-7-15(8-14-19)21-20-22(31-27(21)18-5-3-2-4-6-18)24(29)26(23(20)28)17-11-9-16(25)10-12-17/h2-14,20-22H,1H3/t20-,21+,22-/m0/s1. The van der Waals surface area contributed by atoms with Crippen LogP contribution in [0.25, 0.3) is 0 Å². The van der Waals surface area contributed by atoms with Gasteiger partial charge in [0.05, 0.1) is 24.5 Å². The van der Waals surface area contributed by atoms with Gasteiger partial charge in [-0.3, -0.25) is 14.4 Å². The molecular formula is C24H19FN2O4.